The lowest BCUT2D eigenvalue weighted by molar-refractivity contribution is 0.320. The minimum absolute atomic E-state index is 0.349. The van der Waals surface area contributed by atoms with E-state index in [1.54, 1.807) is 4.31 Å². The van der Waals surface area contributed by atoms with E-state index < -0.39 is 10.0 Å². The van der Waals surface area contributed by atoms with Gasteiger partial charge in [0.1, 0.15) is 0 Å². The van der Waals surface area contributed by atoms with E-state index in [0.29, 0.717) is 23.2 Å². The lowest BCUT2D eigenvalue weighted by atomic mass is 9.93. The van der Waals surface area contributed by atoms with Gasteiger partial charge >= 0.3 is 0 Å². The molecule has 1 fully saturated rings. The predicted octanol–water partition coefficient (Wildman–Crippen LogP) is 2.24. The Balaban J connectivity index is 1.68. The third-order valence-electron chi connectivity index (χ3n) is 4.10. The van der Waals surface area contributed by atoms with Gasteiger partial charge < -0.3 is 0 Å². The van der Waals surface area contributed by atoms with Crippen LogP contribution >= 0.6 is 11.3 Å². The molecule has 1 saturated heterocycles. The van der Waals surface area contributed by atoms with E-state index in [9.17, 15) is 8.42 Å². The Hall–Kier alpha value is -1.25. The standard InChI is InChI=1S/C14H20N4O2S2/c1-3-17-10-13(8-16-17)12-4-6-18(7-5-12)22(19,20)14-9-15-11(2)21-14/h8-10,12H,3-7H2,1-2H3. The lowest BCUT2D eigenvalue weighted by Gasteiger charge is -2.30. The topological polar surface area (TPSA) is 68.1 Å². The fourth-order valence-electron chi connectivity index (χ4n) is 2.78. The average Bonchev–Trinajstić information content (AvgIpc) is 3.16. The molecule has 8 heteroatoms. The first kappa shape index (κ1) is 15.6. The van der Waals surface area contributed by atoms with Crippen LogP contribution in [0.5, 0.6) is 0 Å². The number of aromatic nitrogens is 3. The van der Waals surface area contributed by atoms with Crippen LogP contribution in [0.25, 0.3) is 0 Å². The van der Waals surface area contributed by atoms with Crippen molar-refractivity contribution in [3.05, 3.63) is 29.2 Å². The quantitative estimate of drug-likeness (QED) is 0.856. The van der Waals surface area contributed by atoms with Crippen molar-refractivity contribution in [3.63, 3.8) is 0 Å². The van der Waals surface area contributed by atoms with Crippen molar-refractivity contribution in [2.45, 2.75) is 43.4 Å². The van der Waals surface area contributed by atoms with Crippen molar-refractivity contribution < 1.29 is 8.42 Å². The maximum Gasteiger partial charge on any atom is 0.254 e. The SMILES string of the molecule is CCn1cc(C2CCN(S(=O)(=O)c3cnc(C)s3)CC2)cn1. The van der Waals surface area contributed by atoms with Gasteiger partial charge in [0, 0.05) is 25.8 Å². The van der Waals surface area contributed by atoms with Crippen LogP contribution in [0.1, 0.15) is 36.3 Å². The van der Waals surface area contributed by atoms with E-state index in [2.05, 4.69) is 23.2 Å². The number of thiazole rings is 1. The van der Waals surface area contributed by atoms with E-state index in [-0.39, 0.29) is 0 Å². The maximum atomic E-state index is 12.6. The van der Waals surface area contributed by atoms with Gasteiger partial charge in [0.05, 0.1) is 17.4 Å². The number of sulfonamides is 1. The molecule has 1 aliphatic heterocycles. The van der Waals surface area contributed by atoms with Crippen molar-refractivity contribution >= 4 is 21.4 Å². The van der Waals surface area contributed by atoms with Crippen LogP contribution in [-0.2, 0) is 16.6 Å². The van der Waals surface area contributed by atoms with Crippen LogP contribution in [0.15, 0.2) is 22.8 Å². The summed E-state index contributed by atoms with van der Waals surface area (Å²) in [5, 5.41) is 5.08. The molecule has 0 aliphatic carbocycles. The molecule has 0 spiro atoms. The summed E-state index contributed by atoms with van der Waals surface area (Å²) < 4.78 is 29.0. The number of piperidine rings is 1. The first-order chi connectivity index (χ1) is 10.5. The lowest BCUT2D eigenvalue weighted by Crippen LogP contribution is -2.37. The predicted molar refractivity (Wildman–Crippen MR) is 85.5 cm³/mol. The van der Waals surface area contributed by atoms with Gasteiger partial charge in [0.25, 0.3) is 10.0 Å². The maximum absolute atomic E-state index is 12.6. The van der Waals surface area contributed by atoms with Crippen LogP contribution in [0.4, 0.5) is 0 Å². The van der Waals surface area contributed by atoms with Crippen LogP contribution < -0.4 is 0 Å². The van der Waals surface area contributed by atoms with E-state index in [1.807, 2.05) is 17.8 Å². The Morgan fingerprint density at radius 2 is 2.05 bits per heavy atom. The molecule has 2 aromatic rings. The van der Waals surface area contributed by atoms with Crippen molar-refractivity contribution in [1.29, 1.82) is 0 Å². The summed E-state index contributed by atoms with van der Waals surface area (Å²) in [6, 6.07) is 0. The average molecular weight is 340 g/mol. The van der Waals surface area contributed by atoms with Crippen LogP contribution in [0.3, 0.4) is 0 Å². The summed E-state index contributed by atoms with van der Waals surface area (Å²) in [5.41, 5.74) is 1.22. The van der Waals surface area contributed by atoms with Gasteiger partial charge in [0.15, 0.2) is 4.21 Å². The third kappa shape index (κ3) is 2.95. The molecule has 120 valence electrons. The second-order valence-electron chi connectivity index (χ2n) is 5.51. The van der Waals surface area contributed by atoms with Gasteiger partial charge in [-0.1, -0.05) is 0 Å². The molecule has 1 aliphatic rings. The van der Waals surface area contributed by atoms with Gasteiger partial charge in [0.2, 0.25) is 0 Å². The van der Waals surface area contributed by atoms with Crippen LogP contribution in [-0.4, -0.2) is 40.6 Å². The highest BCUT2D eigenvalue weighted by Gasteiger charge is 2.31. The highest BCUT2D eigenvalue weighted by atomic mass is 32.2. The van der Waals surface area contributed by atoms with Crippen LogP contribution in [0.2, 0.25) is 0 Å². The van der Waals surface area contributed by atoms with E-state index >= 15 is 0 Å². The van der Waals surface area contributed by atoms with Gasteiger partial charge in [-0.05, 0) is 38.2 Å². The Morgan fingerprint density at radius 3 is 2.59 bits per heavy atom. The molecule has 3 heterocycles. The summed E-state index contributed by atoms with van der Waals surface area (Å²) >= 11 is 1.24. The summed E-state index contributed by atoms with van der Waals surface area (Å²) in [7, 11) is -3.38. The van der Waals surface area contributed by atoms with Gasteiger partial charge in [-0.25, -0.2) is 13.4 Å². The second-order valence-corrected chi connectivity index (χ2v) is 8.91. The summed E-state index contributed by atoms with van der Waals surface area (Å²) in [6.07, 6.45) is 7.12. The summed E-state index contributed by atoms with van der Waals surface area (Å²) in [5.74, 6) is 0.398. The number of hydrogen-bond acceptors (Lipinski definition) is 5. The minimum atomic E-state index is -3.38. The molecule has 2 aromatic heterocycles. The van der Waals surface area contributed by atoms with E-state index in [4.69, 9.17) is 0 Å². The smallest absolute Gasteiger partial charge is 0.254 e. The van der Waals surface area contributed by atoms with Gasteiger partial charge in [-0.3, -0.25) is 4.68 Å². The molecular formula is C14H20N4O2S2. The largest absolute Gasteiger partial charge is 0.273 e. The third-order valence-corrected chi connectivity index (χ3v) is 7.34. The molecule has 22 heavy (non-hydrogen) atoms. The highest BCUT2D eigenvalue weighted by Crippen LogP contribution is 2.31. The number of nitrogens with zero attached hydrogens (tertiary/aromatic N) is 4. The molecule has 3 rings (SSSR count). The van der Waals surface area contributed by atoms with Gasteiger partial charge in [-0.15, -0.1) is 11.3 Å². The minimum Gasteiger partial charge on any atom is -0.273 e. The highest BCUT2D eigenvalue weighted by molar-refractivity contribution is 7.91. The molecule has 0 atom stereocenters. The fraction of sp³-hybridized carbons (Fsp3) is 0.571. The first-order valence-electron chi connectivity index (χ1n) is 7.45. The normalized spacial score (nSPS) is 17.9. The second kappa shape index (κ2) is 6.10. The summed E-state index contributed by atoms with van der Waals surface area (Å²) in [4.78, 5) is 4.05. The molecule has 0 bridgehead atoms. The first-order valence-corrected chi connectivity index (χ1v) is 9.71. The molecular weight excluding hydrogens is 320 g/mol. The Bertz CT molecular complexity index is 742. The Morgan fingerprint density at radius 1 is 1.32 bits per heavy atom. The van der Waals surface area contributed by atoms with Crippen molar-refractivity contribution in [1.82, 2.24) is 19.1 Å². The number of aryl methyl sites for hydroxylation is 2. The zero-order valence-electron chi connectivity index (χ0n) is 12.8. The molecule has 6 nitrogen and oxygen atoms in total. The zero-order chi connectivity index (χ0) is 15.7. The van der Waals surface area contributed by atoms with Gasteiger partial charge in [-0.2, -0.15) is 9.40 Å². The number of hydrogen-bond donors (Lipinski definition) is 0. The van der Waals surface area contributed by atoms with Crippen molar-refractivity contribution in [2.75, 3.05) is 13.1 Å². The molecule has 0 N–H and O–H groups in total. The fourth-order valence-corrected chi connectivity index (χ4v) is 5.51. The molecule has 0 unspecified atom stereocenters. The van der Waals surface area contributed by atoms with Crippen molar-refractivity contribution in [2.24, 2.45) is 0 Å². The zero-order valence-corrected chi connectivity index (χ0v) is 14.4. The number of rotatable bonds is 4. The van der Waals surface area contributed by atoms with Crippen molar-refractivity contribution in [3.8, 4) is 0 Å². The summed E-state index contributed by atoms with van der Waals surface area (Å²) in [6.45, 7) is 5.85. The molecule has 0 amide bonds. The van der Waals surface area contributed by atoms with E-state index in [0.717, 1.165) is 24.4 Å². The monoisotopic (exact) mass is 340 g/mol. The molecule has 0 aromatic carbocycles. The molecule has 0 saturated carbocycles. The Labute approximate surface area is 134 Å². The van der Waals surface area contributed by atoms with E-state index in [1.165, 1.54) is 23.1 Å². The Kier molecular flexibility index (Phi) is 4.33. The molecule has 0 radical (unpaired) electrons. The van der Waals surface area contributed by atoms with Crippen LogP contribution in [0, 0.1) is 6.92 Å².